The van der Waals surface area contributed by atoms with Gasteiger partial charge in [0.1, 0.15) is 5.75 Å². The van der Waals surface area contributed by atoms with E-state index >= 15 is 0 Å². The van der Waals surface area contributed by atoms with Crippen LogP contribution in [0.3, 0.4) is 0 Å². The third-order valence-corrected chi connectivity index (χ3v) is 5.41. The summed E-state index contributed by atoms with van der Waals surface area (Å²) < 4.78 is 28.5. The first-order valence-corrected chi connectivity index (χ1v) is 9.21. The van der Waals surface area contributed by atoms with Crippen LogP contribution in [0.1, 0.15) is 29.2 Å². The Hall–Kier alpha value is -2.08. The molecule has 1 N–H and O–H groups in total. The van der Waals surface area contributed by atoms with Crippen LogP contribution in [0.15, 0.2) is 48.5 Å². The summed E-state index contributed by atoms with van der Waals surface area (Å²) in [5, 5.41) is 3.13. The van der Waals surface area contributed by atoms with Crippen molar-refractivity contribution in [2.24, 2.45) is 0 Å². The van der Waals surface area contributed by atoms with Gasteiger partial charge in [0.25, 0.3) is 0 Å². The lowest BCUT2D eigenvalue weighted by Crippen LogP contribution is -2.16. The van der Waals surface area contributed by atoms with Crippen molar-refractivity contribution < 1.29 is 18.3 Å². The Morgan fingerprint density at radius 2 is 1.96 bits per heavy atom. The maximum Gasteiger partial charge on any atom is 0.387 e. The predicted molar refractivity (Wildman–Crippen MR) is 96.3 cm³/mol. The molecule has 1 amide bonds. The van der Waals surface area contributed by atoms with Crippen LogP contribution in [-0.4, -0.2) is 18.3 Å². The predicted octanol–water partition coefficient (Wildman–Crippen LogP) is 5.04. The number of fused-ring (bicyclic) bond motifs is 1. The molecule has 1 unspecified atom stereocenters. The summed E-state index contributed by atoms with van der Waals surface area (Å²) in [5.74, 6) is 0.325. The molecule has 0 aliphatic heterocycles. The molecule has 2 aromatic rings. The zero-order valence-corrected chi connectivity index (χ0v) is 14.4. The molecule has 1 aliphatic rings. The largest absolute Gasteiger partial charge is 0.435 e. The Balaban J connectivity index is 1.52. The number of amides is 1. The molecule has 0 radical (unpaired) electrons. The molecule has 1 atom stereocenters. The third-order valence-electron chi connectivity index (χ3n) is 4.09. The SMILES string of the molecule is O=C(CSC1CCCc2ccccc21)Nc1ccc(OC(F)F)cc1. The zero-order chi connectivity index (χ0) is 17.6. The highest BCUT2D eigenvalue weighted by molar-refractivity contribution is 8.00. The van der Waals surface area contributed by atoms with E-state index < -0.39 is 6.61 Å². The number of alkyl halides is 2. The Morgan fingerprint density at radius 1 is 1.20 bits per heavy atom. The minimum Gasteiger partial charge on any atom is -0.435 e. The molecule has 2 aromatic carbocycles. The van der Waals surface area contributed by atoms with E-state index in [1.54, 1.807) is 23.9 Å². The lowest BCUT2D eigenvalue weighted by molar-refractivity contribution is -0.113. The summed E-state index contributed by atoms with van der Waals surface area (Å²) in [7, 11) is 0. The molecule has 1 aliphatic carbocycles. The molecule has 0 fully saturated rings. The normalized spacial score (nSPS) is 16.4. The maximum absolute atomic E-state index is 12.1. The first-order chi connectivity index (χ1) is 12.1. The average Bonchev–Trinajstić information content (AvgIpc) is 2.61. The molecule has 6 heteroatoms. The Labute approximate surface area is 149 Å². The number of halogens is 2. The van der Waals surface area contributed by atoms with Crippen molar-refractivity contribution >= 4 is 23.4 Å². The number of thioether (sulfide) groups is 1. The van der Waals surface area contributed by atoms with E-state index in [-0.39, 0.29) is 11.7 Å². The number of ether oxygens (including phenoxy) is 1. The minimum atomic E-state index is -2.85. The number of nitrogens with one attached hydrogen (secondary N) is 1. The summed E-state index contributed by atoms with van der Waals surface area (Å²) in [6, 6.07) is 14.3. The van der Waals surface area contributed by atoms with Crippen LogP contribution in [0.25, 0.3) is 0 Å². The van der Waals surface area contributed by atoms with Crippen molar-refractivity contribution in [1.82, 2.24) is 0 Å². The van der Waals surface area contributed by atoms with Gasteiger partial charge in [-0.25, -0.2) is 0 Å². The van der Waals surface area contributed by atoms with Gasteiger partial charge >= 0.3 is 6.61 Å². The second kappa shape index (κ2) is 8.34. The molecule has 0 heterocycles. The number of aryl methyl sites for hydroxylation is 1. The van der Waals surface area contributed by atoms with Gasteiger partial charge in [-0.3, -0.25) is 4.79 Å². The Morgan fingerprint density at radius 3 is 2.72 bits per heavy atom. The number of rotatable bonds is 6. The second-order valence-corrected chi connectivity index (χ2v) is 7.03. The first kappa shape index (κ1) is 17.7. The number of carbonyl (C=O) groups excluding carboxylic acids is 1. The monoisotopic (exact) mass is 363 g/mol. The van der Waals surface area contributed by atoms with E-state index in [0.29, 0.717) is 16.7 Å². The van der Waals surface area contributed by atoms with E-state index in [1.807, 2.05) is 6.07 Å². The highest BCUT2D eigenvalue weighted by Gasteiger charge is 2.21. The van der Waals surface area contributed by atoms with Gasteiger partial charge < -0.3 is 10.1 Å². The van der Waals surface area contributed by atoms with Gasteiger partial charge in [0.05, 0.1) is 5.75 Å². The van der Waals surface area contributed by atoms with E-state index in [2.05, 4.69) is 28.3 Å². The Kier molecular flexibility index (Phi) is 5.91. The van der Waals surface area contributed by atoms with E-state index in [4.69, 9.17) is 0 Å². The van der Waals surface area contributed by atoms with Crippen LogP contribution in [0, 0.1) is 0 Å². The molecule has 0 saturated carbocycles. The number of carbonyl (C=O) groups is 1. The second-order valence-electron chi connectivity index (χ2n) is 5.84. The van der Waals surface area contributed by atoms with Crippen LogP contribution in [0.5, 0.6) is 5.75 Å². The topological polar surface area (TPSA) is 38.3 Å². The van der Waals surface area contributed by atoms with Gasteiger partial charge in [-0.05, 0) is 54.7 Å². The van der Waals surface area contributed by atoms with Crippen LogP contribution in [0.4, 0.5) is 14.5 Å². The number of hydrogen-bond acceptors (Lipinski definition) is 3. The summed E-state index contributed by atoms with van der Waals surface area (Å²) in [4.78, 5) is 12.1. The molecule has 3 rings (SSSR count). The molecule has 0 aromatic heterocycles. The lowest BCUT2D eigenvalue weighted by atomic mass is 9.91. The molecule has 0 bridgehead atoms. The van der Waals surface area contributed by atoms with Crippen LogP contribution >= 0.6 is 11.8 Å². The Bertz CT molecular complexity index is 722. The zero-order valence-electron chi connectivity index (χ0n) is 13.6. The minimum absolute atomic E-state index is 0.0705. The average molecular weight is 363 g/mol. The van der Waals surface area contributed by atoms with Crippen molar-refractivity contribution in [2.45, 2.75) is 31.1 Å². The quantitative estimate of drug-likeness (QED) is 0.782. The third kappa shape index (κ3) is 4.95. The highest BCUT2D eigenvalue weighted by Crippen LogP contribution is 2.39. The number of anilines is 1. The van der Waals surface area contributed by atoms with Crippen molar-refractivity contribution in [3.63, 3.8) is 0 Å². The van der Waals surface area contributed by atoms with Gasteiger partial charge in [0, 0.05) is 10.9 Å². The fourth-order valence-corrected chi connectivity index (χ4v) is 4.14. The molecular formula is C19H19F2NO2S. The van der Waals surface area contributed by atoms with Crippen LogP contribution in [0.2, 0.25) is 0 Å². The highest BCUT2D eigenvalue weighted by atomic mass is 32.2. The standard InChI is InChI=1S/C19H19F2NO2S/c20-19(21)24-15-10-8-14(9-11-15)22-18(23)12-25-17-7-3-5-13-4-1-2-6-16(13)17/h1-2,4,6,8-11,17,19H,3,5,7,12H2,(H,22,23). The summed E-state index contributed by atoms with van der Waals surface area (Å²) in [5.41, 5.74) is 3.28. The van der Waals surface area contributed by atoms with Gasteiger partial charge in [0.15, 0.2) is 0 Å². The lowest BCUT2D eigenvalue weighted by Gasteiger charge is -2.24. The fraction of sp³-hybridized carbons (Fsp3) is 0.316. The first-order valence-electron chi connectivity index (χ1n) is 8.16. The fourth-order valence-electron chi connectivity index (χ4n) is 2.98. The van der Waals surface area contributed by atoms with Crippen molar-refractivity contribution in [2.75, 3.05) is 11.1 Å². The van der Waals surface area contributed by atoms with Crippen molar-refractivity contribution in [3.05, 3.63) is 59.7 Å². The number of benzene rings is 2. The molecule has 132 valence electrons. The summed E-state index contributed by atoms with van der Waals surface area (Å²) in [6.45, 7) is -2.85. The molecule has 0 spiro atoms. The van der Waals surface area contributed by atoms with E-state index in [9.17, 15) is 13.6 Å². The van der Waals surface area contributed by atoms with Crippen LogP contribution in [-0.2, 0) is 11.2 Å². The van der Waals surface area contributed by atoms with Crippen molar-refractivity contribution in [1.29, 1.82) is 0 Å². The van der Waals surface area contributed by atoms with Crippen molar-refractivity contribution in [3.8, 4) is 5.75 Å². The molecule has 0 saturated heterocycles. The van der Waals surface area contributed by atoms with Gasteiger partial charge in [-0.2, -0.15) is 8.78 Å². The maximum atomic E-state index is 12.1. The van der Waals surface area contributed by atoms with Gasteiger partial charge in [0.2, 0.25) is 5.91 Å². The summed E-state index contributed by atoms with van der Waals surface area (Å²) >= 11 is 1.64. The molecule has 25 heavy (non-hydrogen) atoms. The smallest absolute Gasteiger partial charge is 0.387 e. The molecule has 3 nitrogen and oxygen atoms in total. The molecular weight excluding hydrogens is 344 g/mol. The van der Waals surface area contributed by atoms with E-state index in [1.165, 1.54) is 23.3 Å². The summed E-state index contributed by atoms with van der Waals surface area (Å²) in [6.07, 6.45) is 3.32. The van der Waals surface area contributed by atoms with Gasteiger partial charge in [-0.1, -0.05) is 24.3 Å². The van der Waals surface area contributed by atoms with E-state index in [0.717, 1.165) is 19.3 Å². The van der Waals surface area contributed by atoms with Gasteiger partial charge in [-0.15, -0.1) is 11.8 Å². The number of hydrogen-bond donors (Lipinski definition) is 1. The van der Waals surface area contributed by atoms with Crippen LogP contribution < -0.4 is 10.1 Å².